The van der Waals surface area contributed by atoms with Crippen molar-refractivity contribution >= 4 is 17.5 Å². The average Bonchev–Trinajstić information content (AvgIpc) is 2.89. The molecule has 2 heterocycles. The zero-order valence-corrected chi connectivity index (χ0v) is 20.7. The van der Waals surface area contributed by atoms with E-state index < -0.39 is 0 Å². The second-order valence-corrected chi connectivity index (χ2v) is 9.57. The van der Waals surface area contributed by atoms with Crippen molar-refractivity contribution in [3.8, 4) is 0 Å². The summed E-state index contributed by atoms with van der Waals surface area (Å²) in [6.07, 6.45) is 7.38. The maximum Gasteiger partial charge on any atom is 0.227 e. The Balaban J connectivity index is 1.37. The van der Waals surface area contributed by atoms with Crippen LogP contribution in [0.2, 0.25) is 0 Å². The molecule has 35 heavy (non-hydrogen) atoms. The van der Waals surface area contributed by atoms with Gasteiger partial charge in [0.25, 0.3) is 0 Å². The molecular weight excluding hydrogens is 440 g/mol. The van der Waals surface area contributed by atoms with Crippen LogP contribution in [0, 0.1) is 5.92 Å². The van der Waals surface area contributed by atoms with Crippen molar-refractivity contribution < 1.29 is 19.4 Å². The van der Waals surface area contributed by atoms with E-state index in [4.69, 9.17) is 4.74 Å². The van der Waals surface area contributed by atoms with Crippen LogP contribution in [-0.4, -0.2) is 48.1 Å². The minimum Gasteiger partial charge on any atom is -0.394 e. The van der Waals surface area contributed by atoms with Gasteiger partial charge in [0.2, 0.25) is 11.8 Å². The number of carbonyl (C=O) groups is 2. The lowest BCUT2D eigenvalue weighted by Crippen LogP contribution is -2.46. The van der Waals surface area contributed by atoms with Gasteiger partial charge in [-0.3, -0.25) is 9.59 Å². The lowest BCUT2D eigenvalue weighted by atomic mass is 9.93. The highest BCUT2D eigenvalue weighted by molar-refractivity contribution is 5.93. The Hall–Kier alpha value is -2.96. The molecule has 2 aliphatic heterocycles. The summed E-state index contributed by atoms with van der Waals surface area (Å²) in [5.41, 5.74) is 4.33. The minimum absolute atomic E-state index is 0.0199. The van der Waals surface area contributed by atoms with E-state index in [0.717, 1.165) is 36.2 Å². The van der Waals surface area contributed by atoms with Gasteiger partial charge in [-0.2, -0.15) is 0 Å². The first-order valence-electron chi connectivity index (χ1n) is 12.6. The van der Waals surface area contributed by atoms with E-state index >= 15 is 0 Å². The molecule has 2 aromatic rings. The number of aliphatic hydroxyl groups is 1. The zero-order chi connectivity index (χ0) is 24.8. The summed E-state index contributed by atoms with van der Waals surface area (Å²) in [6.45, 7) is 3.35. The molecule has 0 bridgehead atoms. The van der Waals surface area contributed by atoms with Crippen LogP contribution in [0.25, 0.3) is 0 Å². The Morgan fingerprint density at radius 3 is 2.57 bits per heavy atom. The maximum absolute atomic E-state index is 13.0. The fourth-order valence-corrected chi connectivity index (χ4v) is 5.22. The molecule has 0 aromatic heterocycles. The molecule has 3 atom stereocenters. The van der Waals surface area contributed by atoms with Crippen molar-refractivity contribution in [2.24, 2.45) is 5.92 Å². The smallest absolute Gasteiger partial charge is 0.227 e. The molecule has 0 spiro atoms. The van der Waals surface area contributed by atoms with Crippen LogP contribution in [0.3, 0.4) is 0 Å². The van der Waals surface area contributed by atoms with Gasteiger partial charge in [-0.05, 0) is 48.1 Å². The van der Waals surface area contributed by atoms with Crippen LogP contribution in [0.4, 0.5) is 5.69 Å². The Labute approximate surface area is 208 Å². The lowest BCUT2D eigenvalue weighted by Gasteiger charge is -2.36. The number of hydrogen-bond acceptors (Lipinski definition) is 4. The van der Waals surface area contributed by atoms with Gasteiger partial charge < -0.3 is 19.6 Å². The van der Waals surface area contributed by atoms with E-state index in [9.17, 15) is 14.7 Å². The van der Waals surface area contributed by atoms with Crippen LogP contribution in [0.1, 0.15) is 55.4 Å². The Kier molecular flexibility index (Phi) is 8.37. The summed E-state index contributed by atoms with van der Waals surface area (Å²) in [4.78, 5) is 28.9. The normalized spacial score (nSPS) is 20.1. The molecule has 2 aromatic carbocycles. The summed E-state index contributed by atoms with van der Waals surface area (Å²) < 4.78 is 5.79. The first kappa shape index (κ1) is 25.1. The number of anilines is 1. The van der Waals surface area contributed by atoms with Crippen LogP contribution >= 0.6 is 0 Å². The third-order valence-electron chi connectivity index (χ3n) is 7.21. The Bertz CT molecular complexity index is 1050. The fraction of sp³-hybridized carbons (Fsp3) is 0.448. The molecule has 6 heteroatoms. The molecule has 0 unspecified atom stereocenters. The van der Waals surface area contributed by atoms with Gasteiger partial charge in [0.15, 0.2) is 0 Å². The van der Waals surface area contributed by atoms with Crippen molar-refractivity contribution in [1.82, 2.24) is 4.90 Å². The maximum atomic E-state index is 13.0. The van der Waals surface area contributed by atoms with Gasteiger partial charge in [0.05, 0.1) is 18.8 Å². The molecule has 0 radical (unpaired) electrons. The molecule has 0 aliphatic carbocycles. The number of carbonyl (C=O) groups excluding carboxylic acids is 2. The van der Waals surface area contributed by atoms with Crippen LogP contribution < -0.4 is 4.90 Å². The fourth-order valence-electron chi connectivity index (χ4n) is 5.22. The summed E-state index contributed by atoms with van der Waals surface area (Å²) in [5, 5.41) is 9.85. The van der Waals surface area contributed by atoms with Crippen molar-refractivity contribution in [1.29, 1.82) is 0 Å². The molecular formula is C29H36N2O4. The molecule has 1 N–H and O–H groups in total. The molecule has 6 nitrogen and oxygen atoms in total. The quantitative estimate of drug-likeness (QED) is 0.573. The number of fused-ring (bicyclic) bond motifs is 1. The van der Waals surface area contributed by atoms with E-state index in [-0.39, 0.29) is 42.9 Å². The average molecular weight is 477 g/mol. The molecule has 4 rings (SSSR count). The number of hydrogen-bond donors (Lipinski definition) is 1. The SMILES string of the molecule is CO[C@H](c1ccc(N2CCCCC2=O)cc1)[C@H](C)/C=C/CC(=O)N1Cc2ccccc2C[C@H]1CO. The molecule has 0 saturated carbocycles. The number of methoxy groups -OCH3 is 1. The van der Waals surface area contributed by atoms with Gasteiger partial charge in [-0.25, -0.2) is 0 Å². The van der Waals surface area contributed by atoms with Gasteiger partial charge in [0.1, 0.15) is 0 Å². The Morgan fingerprint density at radius 2 is 1.89 bits per heavy atom. The number of ether oxygens (including phenoxy) is 1. The monoisotopic (exact) mass is 476 g/mol. The number of nitrogens with zero attached hydrogens (tertiary/aromatic N) is 2. The molecule has 1 fully saturated rings. The number of benzene rings is 2. The number of amides is 2. The third kappa shape index (κ3) is 5.82. The third-order valence-corrected chi connectivity index (χ3v) is 7.21. The van der Waals surface area contributed by atoms with Gasteiger partial charge in [-0.1, -0.05) is 55.5 Å². The van der Waals surface area contributed by atoms with Crippen molar-refractivity contribution in [2.45, 2.75) is 57.7 Å². The van der Waals surface area contributed by atoms with Crippen molar-refractivity contribution in [3.63, 3.8) is 0 Å². The highest BCUT2D eigenvalue weighted by Crippen LogP contribution is 2.30. The van der Waals surface area contributed by atoms with E-state index in [1.807, 2.05) is 53.5 Å². The molecule has 1 saturated heterocycles. The first-order valence-corrected chi connectivity index (χ1v) is 12.6. The largest absolute Gasteiger partial charge is 0.394 e. The number of rotatable bonds is 8. The molecule has 186 valence electrons. The van der Waals surface area contributed by atoms with Crippen LogP contribution in [0.5, 0.6) is 0 Å². The predicted octanol–water partition coefficient (Wildman–Crippen LogP) is 4.42. The summed E-state index contributed by atoms with van der Waals surface area (Å²) in [6, 6.07) is 16.0. The van der Waals surface area contributed by atoms with E-state index in [2.05, 4.69) is 19.1 Å². The van der Waals surface area contributed by atoms with Gasteiger partial charge in [0, 0.05) is 44.6 Å². The van der Waals surface area contributed by atoms with Crippen LogP contribution in [0.15, 0.2) is 60.7 Å². The highest BCUT2D eigenvalue weighted by atomic mass is 16.5. The Morgan fingerprint density at radius 1 is 1.14 bits per heavy atom. The molecule has 2 aliphatic rings. The van der Waals surface area contributed by atoms with Crippen molar-refractivity contribution in [2.75, 3.05) is 25.2 Å². The highest BCUT2D eigenvalue weighted by Gasteiger charge is 2.28. The first-order chi connectivity index (χ1) is 17.0. The number of piperidine rings is 1. The van der Waals surface area contributed by atoms with Crippen LogP contribution in [-0.2, 0) is 27.3 Å². The topological polar surface area (TPSA) is 70.1 Å². The second kappa shape index (κ2) is 11.6. The van der Waals surface area contributed by atoms with Gasteiger partial charge in [-0.15, -0.1) is 0 Å². The number of aliphatic hydroxyl groups excluding tert-OH is 1. The van der Waals surface area contributed by atoms with E-state index in [1.54, 1.807) is 12.0 Å². The second-order valence-electron chi connectivity index (χ2n) is 9.57. The summed E-state index contributed by atoms with van der Waals surface area (Å²) in [7, 11) is 1.69. The molecule has 2 amide bonds. The van der Waals surface area contributed by atoms with E-state index in [1.165, 1.54) is 5.56 Å². The van der Waals surface area contributed by atoms with Gasteiger partial charge >= 0.3 is 0 Å². The summed E-state index contributed by atoms with van der Waals surface area (Å²) in [5.74, 6) is 0.270. The predicted molar refractivity (Wildman–Crippen MR) is 137 cm³/mol. The zero-order valence-electron chi connectivity index (χ0n) is 20.7. The van der Waals surface area contributed by atoms with E-state index in [0.29, 0.717) is 19.4 Å². The minimum atomic E-state index is -0.180. The standard InChI is InChI=1S/C29H36N2O4/c1-21(29(35-2)22-13-15-25(16-14-22)30-17-6-5-11-27(30)33)8-7-12-28(34)31-19-24-10-4-3-9-23(24)18-26(31)20-32/h3-4,7-10,13-16,21,26,29,32H,5-6,11-12,17-20H2,1-2H3/b8-7+/t21-,26+,29+/m1/s1. The summed E-state index contributed by atoms with van der Waals surface area (Å²) >= 11 is 0. The van der Waals surface area contributed by atoms with Crippen molar-refractivity contribution in [3.05, 3.63) is 77.4 Å². The lowest BCUT2D eigenvalue weighted by molar-refractivity contribution is -0.134.